The fourth-order valence-corrected chi connectivity index (χ4v) is 2.73. The van der Waals surface area contributed by atoms with Crippen molar-refractivity contribution in [3.63, 3.8) is 0 Å². The second kappa shape index (κ2) is 4.43. The van der Waals surface area contributed by atoms with Gasteiger partial charge >= 0.3 is 0 Å². The molecule has 1 saturated carbocycles. The van der Waals surface area contributed by atoms with Crippen LogP contribution in [0.3, 0.4) is 0 Å². The number of amides is 1. The highest BCUT2D eigenvalue weighted by Crippen LogP contribution is 2.64. The molecule has 4 heteroatoms. The van der Waals surface area contributed by atoms with Gasteiger partial charge in [-0.15, -0.1) is 23.2 Å². The van der Waals surface area contributed by atoms with Gasteiger partial charge in [0.15, 0.2) is 0 Å². The van der Waals surface area contributed by atoms with Gasteiger partial charge in [0, 0.05) is 5.69 Å². The van der Waals surface area contributed by atoms with Crippen molar-refractivity contribution in [3.05, 3.63) is 29.8 Å². The summed E-state index contributed by atoms with van der Waals surface area (Å²) < 4.78 is -0.927. The molecule has 0 heterocycles. The van der Waals surface area contributed by atoms with Crippen LogP contribution in [0.25, 0.3) is 0 Å². The van der Waals surface area contributed by atoms with E-state index in [4.69, 9.17) is 23.2 Å². The van der Waals surface area contributed by atoms with Crippen molar-refractivity contribution >= 4 is 34.8 Å². The molecule has 1 amide bonds. The Morgan fingerprint density at radius 3 is 2.39 bits per heavy atom. The van der Waals surface area contributed by atoms with Gasteiger partial charge in [-0.25, -0.2) is 0 Å². The van der Waals surface area contributed by atoms with E-state index in [0.29, 0.717) is 12.3 Å². The van der Waals surface area contributed by atoms with E-state index in [9.17, 15) is 4.79 Å². The van der Waals surface area contributed by atoms with Gasteiger partial charge < -0.3 is 5.32 Å². The van der Waals surface area contributed by atoms with E-state index in [1.807, 2.05) is 24.3 Å². The number of para-hydroxylation sites is 1. The third-order valence-electron chi connectivity index (χ3n) is 3.59. The van der Waals surface area contributed by atoms with Crippen molar-refractivity contribution < 1.29 is 4.79 Å². The monoisotopic (exact) mass is 285 g/mol. The molecule has 2 rings (SSSR count). The fourth-order valence-electron chi connectivity index (χ4n) is 2.02. The van der Waals surface area contributed by atoms with Crippen molar-refractivity contribution in [1.82, 2.24) is 0 Å². The molecule has 1 N–H and O–H groups in total. The van der Waals surface area contributed by atoms with Crippen LogP contribution in [0.2, 0.25) is 0 Å². The number of halogens is 2. The number of hydrogen-bond acceptors (Lipinski definition) is 1. The van der Waals surface area contributed by atoms with E-state index < -0.39 is 9.75 Å². The molecule has 0 aromatic heterocycles. The topological polar surface area (TPSA) is 29.1 Å². The number of alkyl halides is 2. The quantitative estimate of drug-likeness (QED) is 0.823. The Labute approximate surface area is 118 Å². The van der Waals surface area contributed by atoms with E-state index >= 15 is 0 Å². The van der Waals surface area contributed by atoms with Gasteiger partial charge in [-0.1, -0.05) is 32.0 Å². The zero-order valence-corrected chi connectivity index (χ0v) is 12.3. The third kappa shape index (κ3) is 2.24. The average molecular weight is 286 g/mol. The molecule has 2 nitrogen and oxygen atoms in total. The number of anilines is 1. The first-order valence-corrected chi connectivity index (χ1v) is 6.82. The summed E-state index contributed by atoms with van der Waals surface area (Å²) in [7, 11) is 0. The zero-order valence-electron chi connectivity index (χ0n) is 10.8. The Morgan fingerprint density at radius 1 is 1.33 bits per heavy atom. The summed E-state index contributed by atoms with van der Waals surface area (Å²) >= 11 is 12.0. The molecule has 0 radical (unpaired) electrons. The van der Waals surface area contributed by atoms with E-state index in [1.54, 1.807) is 6.92 Å². The summed E-state index contributed by atoms with van der Waals surface area (Å²) in [5.41, 5.74) is 1.28. The molecule has 1 unspecified atom stereocenters. The number of rotatable bonds is 3. The third-order valence-corrected chi connectivity index (χ3v) is 4.69. The molecule has 0 bridgehead atoms. The molecule has 0 aliphatic heterocycles. The van der Waals surface area contributed by atoms with Gasteiger partial charge in [-0.3, -0.25) is 4.79 Å². The molecule has 1 fully saturated rings. The van der Waals surface area contributed by atoms with E-state index in [-0.39, 0.29) is 5.91 Å². The van der Waals surface area contributed by atoms with Gasteiger partial charge in [0.2, 0.25) is 5.91 Å². The van der Waals surface area contributed by atoms with Gasteiger partial charge in [0.1, 0.15) is 4.33 Å². The predicted octanol–water partition coefficient (Wildman–Crippen LogP) is 4.33. The first-order chi connectivity index (χ1) is 8.28. The second-order valence-corrected chi connectivity index (χ2v) is 6.89. The van der Waals surface area contributed by atoms with Crippen LogP contribution in [0.15, 0.2) is 24.3 Å². The van der Waals surface area contributed by atoms with E-state index in [0.717, 1.165) is 11.3 Å². The Balaban J connectivity index is 2.19. The van der Waals surface area contributed by atoms with Gasteiger partial charge in [0.05, 0.1) is 5.41 Å². The lowest BCUT2D eigenvalue weighted by Crippen LogP contribution is -2.26. The summed E-state index contributed by atoms with van der Waals surface area (Å²) in [5, 5.41) is 2.94. The first-order valence-electron chi connectivity index (χ1n) is 6.06. The van der Waals surface area contributed by atoms with Crippen LogP contribution >= 0.6 is 23.2 Å². The maximum absolute atomic E-state index is 12.2. The van der Waals surface area contributed by atoms with Crippen LogP contribution in [0.4, 0.5) is 5.69 Å². The van der Waals surface area contributed by atoms with Crippen LogP contribution in [0.5, 0.6) is 0 Å². The largest absolute Gasteiger partial charge is 0.325 e. The molecule has 1 aliphatic rings. The first kappa shape index (κ1) is 13.7. The fraction of sp³-hybridized carbons (Fsp3) is 0.500. The predicted molar refractivity (Wildman–Crippen MR) is 76.3 cm³/mol. The van der Waals surface area contributed by atoms with Crippen LogP contribution < -0.4 is 5.32 Å². The minimum absolute atomic E-state index is 0.111. The Hall–Kier alpha value is -0.730. The van der Waals surface area contributed by atoms with Crippen LogP contribution in [-0.2, 0) is 4.79 Å². The van der Waals surface area contributed by atoms with Crippen molar-refractivity contribution in [2.45, 2.75) is 37.4 Å². The van der Waals surface area contributed by atoms with E-state index in [2.05, 4.69) is 19.2 Å². The summed E-state index contributed by atoms with van der Waals surface area (Å²) in [6.45, 7) is 5.98. The Morgan fingerprint density at radius 2 is 1.89 bits per heavy atom. The van der Waals surface area contributed by atoms with Crippen molar-refractivity contribution in [1.29, 1.82) is 0 Å². The standard InChI is InChI=1S/C14H17Cl2NO/c1-9(2)10-6-4-5-7-11(10)17-12(18)13(3)8-14(13,15)16/h4-7,9H,8H2,1-3H3,(H,17,18). The molecular formula is C14H17Cl2NO. The molecule has 0 saturated heterocycles. The Kier molecular flexibility index (Phi) is 3.37. The second-order valence-electron chi connectivity index (χ2n) is 5.41. The van der Waals surface area contributed by atoms with Crippen molar-refractivity contribution in [2.75, 3.05) is 5.32 Å². The van der Waals surface area contributed by atoms with Crippen LogP contribution in [-0.4, -0.2) is 10.2 Å². The molecule has 1 aromatic carbocycles. The minimum atomic E-state index is -0.927. The van der Waals surface area contributed by atoms with Gasteiger partial charge in [-0.05, 0) is 30.9 Å². The lowest BCUT2D eigenvalue weighted by Gasteiger charge is -2.17. The van der Waals surface area contributed by atoms with Gasteiger partial charge in [-0.2, -0.15) is 0 Å². The molecular weight excluding hydrogens is 269 g/mol. The summed E-state index contributed by atoms with van der Waals surface area (Å²) in [6, 6.07) is 7.80. The summed E-state index contributed by atoms with van der Waals surface area (Å²) in [4.78, 5) is 12.2. The van der Waals surface area contributed by atoms with Crippen LogP contribution in [0, 0.1) is 5.41 Å². The molecule has 1 aromatic rings. The highest BCUT2D eigenvalue weighted by Gasteiger charge is 2.67. The number of carbonyl (C=O) groups is 1. The number of hydrogen-bond donors (Lipinski definition) is 1. The maximum Gasteiger partial charge on any atom is 0.233 e. The molecule has 0 spiro atoms. The SMILES string of the molecule is CC(C)c1ccccc1NC(=O)C1(C)CC1(Cl)Cl. The number of nitrogens with one attached hydrogen (secondary N) is 1. The molecule has 18 heavy (non-hydrogen) atoms. The average Bonchev–Trinajstić information content (AvgIpc) is 2.80. The summed E-state index contributed by atoms with van der Waals surface area (Å²) in [5.74, 6) is 0.242. The lowest BCUT2D eigenvalue weighted by atomic mass is 10.0. The maximum atomic E-state index is 12.2. The normalized spacial score (nSPS) is 25.0. The molecule has 1 aliphatic carbocycles. The van der Waals surface area contributed by atoms with Gasteiger partial charge in [0.25, 0.3) is 0 Å². The van der Waals surface area contributed by atoms with Crippen molar-refractivity contribution in [2.24, 2.45) is 5.41 Å². The smallest absolute Gasteiger partial charge is 0.233 e. The Bertz CT molecular complexity index is 484. The highest BCUT2D eigenvalue weighted by molar-refractivity contribution is 6.53. The van der Waals surface area contributed by atoms with Crippen molar-refractivity contribution in [3.8, 4) is 0 Å². The molecule has 1 atom stereocenters. The van der Waals surface area contributed by atoms with Crippen LogP contribution in [0.1, 0.15) is 38.7 Å². The number of carbonyl (C=O) groups excluding carboxylic acids is 1. The summed E-state index contributed by atoms with van der Waals surface area (Å²) in [6.07, 6.45) is 0.499. The zero-order chi connectivity index (χ0) is 13.6. The number of benzene rings is 1. The highest BCUT2D eigenvalue weighted by atomic mass is 35.5. The molecule has 98 valence electrons. The lowest BCUT2D eigenvalue weighted by molar-refractivity contribution is -0.120. The van der Waals surface area contributed by atoms with E-state index in [1.165, 1.54) is 0 Å². The minimum Gasteiger partial charge on any atom is -0.325 e.